The van der Waals surface area contributed by atoms with Crippen molar-refractivity contribution in [2.75, 3.05) is 32.7 Å². The number of H-pyrrole nitrogens is 1. The topological polar surface area (TPSA) is 103 Å². The minimum absolute atomic E-state index is 0.0215. The highest BCUT2D eigenvalue weighted by Crippen LogP contribution is 2.38. The number of benzene rings is 1. The molecule has 3 aliphatic heterocycles. The van der Waals surface area contributed by atoms with Gasteiger partial charge in [-0.15, -0.1) is 0 Å². The Hall–Kier alpha value is -2.30. The number of aliphatic hydroxyl groups is 1. The molecule has 4 N–H and O–H groups in total. The molecule has 1 aromatic carbocycles. The van der Waals surface area contributed by atoms with Gasteiger partial charge in [-0.05, 0) is 42.9 Å². The Balaban J connectivity index is 1.18. The summed E-state index contributed by atoms with van der Waals surface area (Å²) in [7, 11) is 0. The van der Waals surface area contributed by atoms with Gasteiger partial charge in [0.15, 0.2) is 11.6 Å². The van der Waals surface area contributed by atoms with Gasteiger partial charge < -0.3 is 30.4 Å². The largest absolute Gasteiger partial charge is 0.441 e. The number of imidazole rings is 1. The van der Waals surface area contributed by atoms with Crippen molar-refractivity contribution >= 4 is 17.1 Å². The number of hydrogen-bond donors (Lipinski definition) is 4. The number of carbonyl (C=O) groups is 1. The Kier molecular flexibility index (Phi) is 4.67. The van der Waals surface area contributed by atoms with Crippen LogP contribution < -0.4 is 10.6 Å². The number of ether oxygens (including phenoxy) is 1. The second-order valence-corrected chi connectivity index (χ2v) is 9.72. The molecule has 6 rings (SSSR count). The second-order valence-electron chi connectivity index (χ2n) is 9.72. The maximum atomic E-state index is 15.3. The summed E-state index contributed by atoms with van der Waals surface area (Å²) in [6, 6.07) is -0.430. The summed E-state index contributed by atoms with van der Waals surface area (Å²) >= 11 is 0. The van der Waals surface area contributed by atoms with E-state index in [0.717, 1.165) is 32.5 Å². The summed E-state index contributed by atoms with van der Waals surface area (Å²) in [4.78, 5) is 21.0. The molecule has 4 heterocycles. The molecule has 1 amide bonds. The zero-order valence-electron chi connectivity index (χ0n) is 17.7. The van der Waals surface area contributed by atoms with Gasteiger partial charge in [-0.3, -0.25) is 0 Å². The lowest BCUT2D eigenvalue weighted by Crippen LogP contribution is -2.47. The van der Waals surface area contributed by atoms with Crippen LogP contribution in [0.15, 0.2) is 0 Å². The maximum absolute atomic E-state index is 15.3. The quantitative estimate of drug-likeness (QED) is 0.569. The van der Waals surface area contributed by atoms with Gasteiger partial charge in [0.2, 0.25) is 0 Å². The number of aromatic amines is 1. The first-order valence-corrected chi connectivity index (χ1v) is 11.4. The highest BCUT2D eigenvalue weighted by molar-refractivity contribution is 5.79. The van der Waals surface area contributed by atoms with Gasteiger partial charge in [0.1, 0.15) is 22.5 Å². The van der Waals surface area contributed by atoms with Crippen LogP contribution in [-0.2, 0) is 17.6 Å². The monoisotopic (exact) mass is 447 g/mol. The Morgan fingerprint density at radius 1 is 1.19 bits per heavy atom. The molecule has 32 heavy (non-hydrogen) atoms. The number of nitrogens with zero attached hydrogens (tertiary/aromatic N) is 2. The number of likely N-dealkylation sites (tertiary alicyclic amines) is 1. The number of hydrogen-bond acceptors (Lipinski definition) is 6. The Morgan fingerprint density at radius 2 is 1.94 bits per heavy atom. The number of rotatable bonds is 3. The van der Waals surface area contributed by atoms with Gasteiger partial charge in [-0.25, -0.2) is 18.6 Å². The van der Waals surface area contributed by atoms with Crippen LogP contribution in [0.2, 0.25) is 0 Å². The molecule has 0 radical (unpaired) electrons. The fraction of sp³-hybridized carbons (Fsp3) is 0.636. The standard InChI is InChI=1S/C22H27F2N5O3/c23-15-12-7-11(9-29-5-2-22(3-6-29)10-26-21(31)32-22)8-13(12)16(24)19-18(15)27-20(28-19)17-14(30)1-4-25-17/h11,14,17,25,30H,1-10H2,(H,26,31)(H,27,28)/t14-,17-/m0/s1. The number of aromatic nitrogens is 2. The van der Waals surface area contributed by atoms with Crippen LogP contribution >= 0.6 is 0 Å². The average Bonchev–Trinajstić information content (AvgIpc) is 3.55. The van der Waals surface area contributed by atoms with Crippen LogP contribution in [-0.4, -0.2) is 70.5 Å². The van der Waals surface area contributed by atoms with Crippen LogP contribution in [0.25, 0.3) is 11.0 Å². The molecule has 1 aromatic heterocycles. The van der Waals surface area contributed by atoms with Crippen molar-refractivity contribution < 1.29 is 23.4 Å². The van der Waals surface area contributed by atoms with Crippen LogP contribution in [0, 0.1) is 17.6 Å². The molecular formula is C22H27F2N5O3. The predicted molar refractivity (Wildman–Crippen MR) is 111 cm³/mol. The molecule has 1 unspecified atom stereocenters. The van der Waals surface area contributed by atoms with Crippen LogP contribution in [0.4, 0.5) is 13.6 Å². The third kappa shape index (κ3) is 3.19. The van der Waals surface area contributed by atoms with Crippen molar-refractivity contribution in [2.24, 2.45) is 5.92 Å². The van der Waals surface area contributed by atoms with Crippen molar-refractivity contribution in [3.63, 3.8) is 0 Å². The summed E-state index contributed by atoms with van der Waals surface area (Å²) in [5, 5.41) is 16.0. The Morgan fingerprint density at radius 3 is 2.59 bits per heavy atom. The zero-order chi connectivity index (χ0) is 22.0. The fourth-order valence-electron chi connectivity index (χ4n) is 5.88. The number of nitrogens with one attached hydrogen (secondary N) is 3. The number of halogens is 2. The van der Waals surface area contributed by atoms with E-state index in [1.165, 1.54) is 0 Å². The van der Waals surface area contributed by atoms with Crippen molar-refractivity contribution in [3.05, 3.63) is 28.6 Å². The lowest BCUT2D eigenvalue weighted by molar-refractivity contribution is -0.00216. The molecule has 10 heteroatoms. The Bertz CT molecular complexity index is 1030. The van der Waals surface area contributed by atoms with E-state index < -0.39 is 29.4 Å². The third-order valence-corrected chi connectivity index (χ3v) is 7.66. The first-order valence-electron chi connectivity index (χ1n) is 11.4. The van der Waals surface area contributed by atoms with E-state index >= 15 is 8.78 Å². The molecule has 3 fully saturated rings. The SMILES string of the molecule is O=C1NCC2(CCN(CC3Cc4c(c(F)c5[nH]c([C@H]6NCC[C@@H]6O)nc5c4F)C3)CC2)O1. The van der Waals surface area contributed by atoms with E-state index in [4.69, 9.17) is 4.74 Å². The molecule has 0 bridgehead atoms. The highest BCUT2D eigenvalue weighted by atomic mass is 19.1. The van der Waals surface area contributed by atoms with Gasteiger partial charge in [0, 0.05) is 32.5 Å². The second kappa shape index (κ2) is 7.36. The van der Waals surface area contributed by atoms with E-state index in [-0.39, 0.29) is 23.0 Å². The molecule has 1 spiro atoms. The van der Waals surface area contributed by atoms with Gasteiger partial charge >= 0.3 is 6.09 Å². The molecule has 1 aliphatic carbocycles. The average molecular weight is 447 g/mol. The fourth-order valence-corrected chi connectivity index (χ4v) is 5.88. The molecule has 2 aromatic rings. The summed E-state index contributed by atoms with van der Waals surface area (Å²) in [6.07, 6.45) is 2.13. The Labute approximate surface area is 183 Å². The molecule has 8 nitrogen and oxygen atoms in total. The van der Waals surface area contributed by atoms with Gasteiger partial charge in [0.25, 0.3) is 0 Å². The normalized spacial score (nSPS) is 27.9. The molecular weight excluding hydrogens is 420 g/mol. The summed E-state index contributed by atoms with van der Waals surface area (Å²) in [5.41, 5.74) is 0.591. The number of aliphatic hydroxyl groups excluding tert-OH is 1. The molecule has 4 aliphatic rings. The number of amides is 1. The molecule has 172 valence electrons. The highest BCUT2D eigenvalue weighted by Gasteiger charge is 2.43. The van der Waals surface area contributed by atoms with Crippen molar-refractivity contribution in [3.8, 4) is 0 Å². The van der Waals surface area contributed by atoms with Gasteiger partial charge in [-0.1, -0.05) is 0 Å². The van der Waals surface area contributed by atoms with E-state index in [9.17, 15) is 9.90 Å². The zero-order valence-corrected chi connectivity index (χ0v) is 17.7. The van der Waals surface area contributed by atoms with E-state index in [0.29, 0.717) is 49.3 Å². The smallest absolute Gasteiger partial charge is 0.407 e. The molecule has 0 saturated carbocycles. The predicted octanol–water partition coefficient (Wildman–Crippen LogP) is 1.53. The number of carbonyl (C=O) groups excluding carboxylic acids is 1. The van der Waals surface area contributed by atoms with Crippen molar-refractivity contribution in [2.45, 2.75) is 49.9 Å². The van der Waals surface area contributed by atoms with Crippen LogP contribution in [0.3, 0.4) is 0 Å². The minimum Gasteiger partial charge on any atom is -0.441 e. The first-order chi connectivity index (χ1) is 15.4. The summed E-state index contributed by atoms with van der Waals surface area (Å²) < 4.78 is 36.2. The first kappa shape index (κ1) is 20.3. The van der Waals surface area contributed by atoms with Crippen molar-refractivity contribution in [1.29, 1.82) is 0 Å². The summed E-state index contributed by atoms with van der Waals surface area (Å²) in [6.45, 7) is 3.56. The summed E-state index contributed by atoms with van der Waals surface area (Å²) in [5.74, 6) is -0.355. The third-order valence-electron chi connectivity index (χ3n) is 7.66. The molecule has 3 atom stereocenters. The van der Waals surface area contributed by atoms with Gasteiger partial charge in [-0.2, -0.15) is 0 Å². The van der Waals surface area contributed by atoms with Crippen molar-refractivity contribution in [1.82, 2.24) is 25.5 Å². The number of fused-ring (bicyclic) bond motifs is 2. The maximum Gasteiger partial charge on any atom is 0.407 e. The van der Waals surface area contributed by atoms with E-state index in [1.807, 2.05) is 0 Å². The number of alkyl carbamates (subject to hydrolysis) is 1. The number of piperidine rings is 1. The lowest BCUT2D eigenvalue weighted by atomic mass is 9.91. The minimum atomic E-state index is -0.620. The van der Waals surface area contributed by atoms with E-state index in [1.54, 1.807) is 0 Å². The van der Waals surface area contributed by atoms with Gasteiger partial charge in [0.05, 0.1) is 18.7 Å². The van der Waals surface area contributed by atoms with Crippen LogP contribution in [0.1, 0.15) is 42.3 Å². The molecule has 3 saturated heterocycles. The van der Waals surface area contributed by atoms with E-state index in [2.05, 4.69) is 25.5 Å². The van der Waals surface area contributed by atoms with Crippen LogP contribution in [0.5, 0.6) is 0 Å². The lowest BCUT2D eigenvalue weighted by Gasteiger charge is -2.38.